The quantitative estimate of drug-likeness (QED) is 0.878. The van der Waals surface area contributed by atoms with E-state index in [1.54, 1.807) is 0 Å². The Balaban J connectivity index is 2.43. The first kappa shape index (κ1) is 14.2. The van der Waals surface area contributed by atoms with Gasteiger partial charge in [0, 0.05) is 29.9 Å². The second kappa shape index (κ2) is 6.32. The van der Waals surface area contributed by atoms with E-state index in [1.807, 2.05) is 13.0 Å². The van der Waals surface area contributed by atoms with Gasteiger partial charge in [-0.15, -0.1) is 0 Å². The number of phenolic OH excluding ortho intramolecular Hbond substituents is 1. The number of nitrogens with one attached hydrogen (secondary N) is 1. The molecule has 20 heavy (non-hydrogen) atoms. The number of anilines is 1. The summed E-state index contributed by atoms with van der Waals surface area (Å²) in [4.78, 5) is 8.75. The molecule has 0 unspecified atom stereocenters. The lowest BCUT2D eigenvalue weighted by molar-refractivity contribution is 0.469. The van der Waals surface area contributed by atoms with Gasteiger partial charge in [0.05, 0.1) is 0 Å². The lowest BCUT2D eigenvalue weighted by Crippen LogP contribution is -2.05. The summed E-state index contributed by atoms with van der Waals surface area (Å²) in [5, 5.41) is 12.7. The number of rotatable bonds is 5. The van der Waals surface area contributed by atoms with Crippen LogP contribution in [-0.4, -0.2) is 21.6 Å². The van der Waals surface area contributed by atoms with Crippen LogP contribution in [0.1, 0.15) is 26.0 Å². The van der Waals surface area contributed by atoms with Gasteiger partial charge in [0.15, 0.2) is 5.82 Å². The van der Waals surface area contributed by atoms with Gasteiger partial charge < -0.3 is 10.4 Å². The number of phenols is 1. The Morgan fingerprint density at radius 3 is 2.60 bits per heavy atom. The van der Waals surface area contributed by atoms with Crippen LogP contribution in [0.25, 0.3) is 11.4 Å². The number of aryl methyl sites for hydroxylation is 1. The molecule has 2 rings (SSSR count). The molecule has 4 nitrogen and oxygen atoms in total. The van der Waals surface area contributed by atoms with E-state index in [0.717, 1.165) is 37.0 Å². The van der Waals surface area contributed by atoms with E-state index in [2.05, 4.69) is 22.2 Å². The molecule has 106 valence electrons. The van der Waals surface area contributed by atoms with Gasteiger partial charge in [-0.25, -0.2) is 14.4 Å². The predicted molar refractivity (Wildman–Crippen MR) is 77.2 cm³/mol. The fraction of sp³-hybridized carbons (Fsp3) is 0.333. The maximum Gasteiger partial charge on any atom is 0.161 e. The molecule has 1 aromatic heterocycles. The van der Waals surface area contributed by atoms with Gasteiger partial charge in [-0.1, -0.05) is 13.8 Å². The molecule has 0 spiro atoms. The van der Waals surface area contributed by atoms with E-state index in [-0.39, 0.29) is 5.75 Å². The molecule has 2 N–H and O–H groups in total. The molecule has 1 aromatic carbocycles. The molecule has 0 amide bonds. The molecule has 0 saturated heterocycles. The number of halogens is 1. The maximum absolute atomic E-state index is 13.4. The van der Waals surface area contributed by atoms with Crippen molar-refractivity contribution in [2.24, 2.45) is 0 Å². The first-order chi connectivity index (χ1) is 9.62. The number of nitrogens with zero attached hydrogens (tertiary/aromatic N) is 2. The smallest absolute Gasteiger partial charge is 0.161 e. The fourth-order valence-electron chi connectivity index (χ4n) is 1.85. The summed E-state index contributed by atoms with van der Waals surface area (Å²) >= 11 is 0. The first-order valence-corrected chi connectivity index (χ1v) is 6.74. The van der Waals surface area contributed by atoms with Crippen LogP contribution < -0.4 is 5.32 Å². The van der Waals surface area contributed by atoms with Crippen molar-refractivity contribution >= 4 is 5.82 Å². The molecule has 0 bridgehead atoms. The topological polar surface area (TPSA) is 58.0 Å². The van der Waals surface area contributed by atoms with Crippen LogP contribution in [0.3, 0.4) is 0 Å². The molecule has 1 heterocycles. The van der Waals surface area contributed by atoms with E-state index in [1.165, 1.54) is 12.1 Å². The van der Waals surface area contributed by atoms with Crippen LogP contribution in [-0.2, 0) is 6.42 Å². The Hall–Kier alpha value is -2.17. The van der Waals surface area contributed by atoms with Crippen molar-refractivity contribution in [3.63, 3.8) is 0 Å². The van der Waals surface area contributed by atoms with E-state index in [0.29, 0.717) is 11.4 Å². The van der Waals surface area contributed by atoms with Crippen molar-refractivity contribution in [3.05, 3.63) is 35.8 Å². The lowest BCUT2D eigenvalue weighted by Gasteiger charge is -2.09. The highest BCUT2D eigenvalue weighted by Gasteiger charge is 2.08. The molecular weight excluding hydrogens is 257 g/mol. The molecule has 0 saturated carbocycles. The minimum atomic E-state index is -0.506. The normalized spacial score (nSPS) is 10.6. The zero-order valence-corrected chi connectivity index (χ0v) is 11.7. The Morgan fingerprint density at radius 1 is 1.15 bits per heavy atom. The SMILES string of the molecule is CCCNc1cc(CC)nc(-c2cc(O)cc(F)c2)n1. The van der Waals surface area contributed by atoms with Gasteiger partial charge in [0.25, 0.3) is 0 Å². The highest BCUT2D eigenvalue weighted by molar-refractivity contribution is 5.59. The third-order valence-corrected chi connectivity index (χ3v) is 2.84. The van der Waals surface area contributed by atoms with Gasteiger partial charge in [0.1, 0.15) is 17.4 Å². The number of benzene rings is 1. The van der Waals surface area contributed by atoms with Crippen LogP contribution in [0.4, 0.5) is 10.2 Å². The second-order valence-electron chi connectivity index (χ2n) is 4.55. The third kappa shape index (κ3) is 3.44. The van der Waals surface area contributed by atoms with Crippen LogP contribution in [0.15, 0.2) is 24.3 Å². The monoisotopic (exact) mass is 275 g/mol. The first-order valence-electron chi connectivity index (χ1n) is 6.74. The Kier molecular flexibility index (Phi) is 4.50. The molecular formula is C15H18FN3O. The third-order valence-electron chi connectivity index (χ3n) is 2.84. The Labute approximate surface area is 117 Å². The van der Waals surface area contributed by atoms with Crippen molar-refractivity contribution in [2.75, 3.05) is 11.9 Å². The van der Waals surface area contributed by atoms with Gasteiger partial charge in [-0.2, -0.15) is 0 Å². The van der Waals surface area contributed by atoms with Crippen molar-refractivity contribution in [1.82, 2.24) is 9.97 Å². The summed E-state index contributed by atoms with van der Waals surface area (Å²) < 4.78 is 13.4. The van der Waals surface area contributed by atoms with Crippen molar-refractivity contribution in [3.8, 4) is 17.1 Å². The summed E-state index contributed by atoms with van der Waals surface area (Å²) in [7, 11) is 0. The van der Waals surface area contributed by atoms with E-state index in [9.17, 15) is 9.50 Å². The molecule has 0 radical (unpaired) electrons. The highest BCUT2D eigenvalue weighted by atomic mass is 19.1. The number of hydrogen-bond acceptors (Lipinski definition) is 4. The van der Waals surface area contributed by atoms with E-state index < -0.39 is 5.82 Å². The number of aromatic nitrogens is 2. The molecule has 0 aliphatic carbocycles. The zero-order chi connectivity index (χ0) is 14.5. The van der Waals surface area contributed by atoms with Gasteiger partial charge in [0.2, 0.25) is 0 Å². The van der Waals surface area contributed by atoms with Crippen LogP contribution in [0, 0.1) is 5.82 Å². The van der Waals surface area contributed by atoms with Crippen molar-refractivity contribution in [2.45, 2.75) is 26.7 Å². The summed E-state index contributed by atoms with van der Waals surface area (Å²) in [6.45, 7) is 4.88. The minimum Gasteiger partial charge on any atom is -0.508 e. The van der Waals surface area contributed by atoms with Crippen LogP contribution >= 0.6 is 0 Å². The van der Waals surface area contributed by atoms with Crippen molar-refractivity contribution in [1.29, 1.82) is 0 Å². The molecule has 0 aliphatic heterocycles. The van der Waals surface area contributed by atoms with Crippen LogP contribution in [0.2, 0.25) is 0 Å². The lowest BCUT2D eigenvalue weighted by atomic mass is 10.2. The Morgan fingerprint density at radius 2 is 1.95 bits per heavy atom. The number of hydrogen-bond donors (Lipinski definition) is 2. The summed E-state index contributed by atoms with van der Waals surface area (Å²) in [6, 6.07) is 5.72. The van der Waals surface area contributed by atoms with Gasteiger partial charge >= 0.3 is 0 Å². The zero-order valence-electron chi connectivity index (χ0n) is 11.7. The molecule has 0 atom stereocenters. The second-order valence-corrected chi connectivity index (χ2v) is 4.55. The maximum atomic E-state index is 13.4. The standard InChI is InChI=1S/C15H18FN3O/c1-3-5-17-14-9-12(4-2)18-15(19-14)10-6-11(16)8-13(20)7-10/h6-9,20H,3-5H2,1-2H3,(H,17,18,19). The fourth-order valence-corrected chi connectivity index (χ4v) is 1.85. The van der Waals surface area contributed by atoms with Crippen molar-refractivity contribution < 1.29 is 9.50 Å². The molecule has 0 fully saturated rings. The largest absolute Gasteiger partial charge is 0.508 e. The average Bonchev–Trinajstić information content (AvgIpc) is 2.43. The van der Waals surface area contributed by atoms with Crippen LogP contribution in [0.5, 0.6) is 5.75 Å². The average molecular weight is 275 g/mol. The molecule has 2 aromatic rings. The molecule has 0 aliphatic rings. The highest BCUT2D eigenvalue weighted by Crippen LogP contribution is 2.23. The van der Waals surface area contributed by atoms with E-state index >= 15 is 0 Å². The van der Waals surface area contributed by atoms with E-state index in [4.69, 9.17) is 0 Å². The Bertz CT molecular complexity index is 581. The van der Waals surface area contributed by atoms with Gasteiger partial charge in [-0.3, -0.25) is 0 Å². The summed E-state index contributed by atoms with van der Waals surface area (Å²) in [5.74, 6) is 0.498. The predicted octanol–water partition coefficient (Wildman–Crippen LogP) is 3.37. The van der Waals surface area contributed by atoms with Gasteiger partial charge in [-0.05, 0) is 25.0 Å². The minimum absolute atomic E-state index is 0.131. The molecule has 5 heteroatoms. The number of aromatic hydroxyl groups is 1. The summed E-state index contributed by atoms with van der Waals surface area (Å²) in [5.41, 5.74) is 1.34. The summed E-state index contributed by atoms with van der Waals surface area (Å²) in [6.07, 6.45) is 1.75.